The number of nitrogens with zero attached hydrogens (tertiary/aromatic N) is 3. The van der Waals surface area contributed by atoms with Gasteiger partial charge in [0.25, 0.3) is 0 Å². The molecule has 60 valence electrons. The van der Waals surface area contributed by atoms with Crippen molar-refractivity contribution >= 4 is 38.7 Å². The fourth-order valence-corrected chi connectivity index (χ4v) is 1.27. The first-order valence-corrected chi connectivity index (χ1v) is 4.37. The van der Waals surface area contributed by atoms with Gasteiger partial charge in [0.05, 0.1) is 6.20 Å². The molecule has 0 fully saturated rings. The van der Waals surface area contributed by atoms with Gasteiger partial charge in [0.2, 0.25) is 0 Å². The van der Waals surface area contributed by atoms with E-state index in [0.717, 1.165) is 5.52 Å². The zero-order valence-electron chi connectivity index (χ0n) is 5.83. The predicted molar refractivity (Wildman–Crippen MR) is 50.0 cm³/mol. The average Bonchev–Trinajstić information content (AvgIpc) is 2.03. The van der Waals surface area contributed by atoms with Gasteiger partial charge in [0.1, 0.15) is 15.3 Å². The first-order chi connectivity index (χ1) is 5.75. The minimum absolute atomic E-state index is 0.426. The SMILES string of the molecule is Clc1ccc2ncc(Br)nc2n1. The number of rotatable bonds is 0. The minimum Gasteiger partial charge on any atom is -0.250 e. The van der Waals surface area contributed by atoms with Crippen LogP contribution in [0.1, 0.15) is 0 Å². The lowest BCUT2D eigenvalue weighted by molar-refractivity contribution is 1.19. The fraction of sp³-hybridized carbons (Fsp3) is 0. The maximum atomic E-state index is 5.68. The van der Waals surface area contributed by atoms with E-state index in [1.54, 1.807) is 18.3 Å². The number of aromatic nitrogens is 3. The summed E-state index contributed by atoms with van der Waals surface area (Å²) in [4.78, 5) is 12.2. The van der Waals surface area contributed by atoms with E-state index in [1.807, 2.05) is 0 Å². The van der Waals surface area contributed by atoms with E-state index in [1.165, 1.54) is 0 Å². The third-order valence-corrected chi connectivity index (χ3v) is 1.94. The molecule has 0 amide bonds. The van der Waals surface area contributed by atoms with Crippen molar-refractivity contribution in [3.05, 3.63) is 28.1 Å². The molecule has 0 unspecified atom stereocenters. The molecule has 0 atom stereocenters. The van der Waals surface area contributed by atoms with Crippen LogP contribution in [0.2, 0.25) is 5.15 Å². The summed E-state index contributed by atoms with van der Waals surface area (Å²) in [5, 5.41) is 0.426. The summed E-state index contributed by atoms with van der Waals surface area (Å²) in [6, 6.07) is 3.47. The van der Waals surface area contributed by atoms with Crippen LogP contribution >= 0.6 is 27.5 Å². The van der Waals surface area contributed by atoms with Crippen LogP contribution in [0.4, 0.5) is 0 Å². The molecular formula is C7H3BrClN3. The largest absolute Gasteiger partial charge is 0.250 e. The number of hydrogen-bond acceptors (Lipinski definition) is 3. The van der Waals surface area contributed by atoms with E-state index in [9.17, 15) is 0 Å². The summed E-state index contributed by atoms with van der Waals surface area (Å²) in [6.07, 6.45) is 1.62. The van der Waals surface area contributed by atoms with Crippen molar-refractivity contribution in [1.29, 1.82) is 0 Å². The lowest BCUT2D eigenvalue weighted by atomic mass is 10.4. The highest BCUT2D eigenvalue weighted by Crippen LogP contribution is 2.13. The monoisotopic (exact) mass is 243 g/mol. The van der Waals surface area contributed by atoms with Crippen LogP contribution in [0.3, 0.4) is 0 Å². The van der Waals surface area contributed by atoms with E-state index in [4.69, 9.17) is 11.6 Å². The number of hydrogen-bond donors (Lipinski definition) is 0. The van der Waals surface area contributed by atoms with Crippen LogP contribution in [0.5, 0.6) is 0 Å². The van der Waals surface area contributed by atoms with Crippen molar-refractivity contribution in [1.82, 2.24) is 15.0 Å². The van der Waals surface area contributed by atoms with Crippen molar-refractivity contribution < 1.29 is 0 Å². The molecule has 0 radical (unpaired) electrons. The van der Waals surface area contributed by atoms with Crippen molar-refractivity contribution in [3.63, 3.8) is 0 Å². The van der Waals surface area contributed by atoms with Gasteiger partial charge in [-0.25, -0.2) is 9.97 Å². The molecule has 5 heteroatoms. The third-order valence-electron chi connectivity index (χ3n) is 1.34. The Hall–Kier alpha value is -0.740. The summed E-state index contributed by atoms with van der Waals surface area (Å²) < 4.78 is 0.657. The maximum Gasteiger partial charge on any atom is 0.180 e. The predicted octanol–water partition coefficient (Wildman–Crippen LogP) is 2.44. The highest BCUT2D eigenvalue weighted by atomic mass is 79.9. The molecule has 0 N–H and O–H groups in total. The summed E-state index contributed by atoms with van der Waals surface area (Å²) in [6.45, 7) is 0. The Morgan fingerprint density at radius 2 is 2.08 bits per heavy atom. The lowest BCUT2D eigenvalue weighted by Crippen LogP contribution is -1.87. The maximum absolute atomic E-state index is 5.68. The standard InChI is InChI=1S/C7H3BrClN3/c8-5-3-10-4-1-2-6(9)12-7(4)11-5/h1-3H. The fourth-order valence-electron chi connectivity index (χ4n) is 0.854. The molecule has 2 rings (SSSR count). The van der Waals surface area contributed by atoms with Crippen LogP contribution < -0.4 is 0 Å². The Morgan fingerprint density at radius 3 is 2.92 bits per heavy atom. The topological polar surface area (TPSA) is 38.7 Å². The number of pyridine rings is 1. The molecule has 0 aliphatic rings. The van der Waals surface area contributed by atoms with Gasteiger partial charge >= 0.3 is 0 Å². The highest BCUT2D eigenvalue weighted by molar-refractivity contribution is 9.10. The second kappa shape index (κ2) is 2.95. The second-order valence-electron chi connectivity index (χ2n) is 2.17. The molecule has 0 saturated carbocycles. The molecule has 0 spiro atoms. The summed E-state index contributed by atoms with van der Waals surface area (Å²) in [5.41, 5.74) is 1.29. The Morgan fingerprint density at radius 1 is 1.25 bits per heavy atom. The van der Waals surface area contributed by atoms with Crippen molar-refractivity contribution in [2.24, 2.45) is 0 Å². The molecule has 2 aromatic rings. The highest BCUT2D eigenvalue weighted by Gasteiger charge is 1.98. The first-order valence-electron chi connectivity index (χ1n) is 3.20. The van der Waals surface area contributed by atoms with Gasteiger partial charge < -0.3 is 0 Å². The van der Waals surface area contributed by atoms with Gasteiger partial charge in [-0.2, -0.15) is 0 Å². The number of fused-ring (bicyclic) bond motifs is 1. The minimum atomic E-state index is 0.426. The van der Waals surface area contributed by atoms with Crippen molar-refractivity contribution in [2.45, 2.75) is 0 Å². The zero-order chi connectivity index (χ0) is 8.55. The molecule has 3 nitrogen and oxygen atoms in total. The summed E-state index contributed by atoms with van der Waals surface area (Å²) in [7, 11) is 0. The van der Waals surface area contributed by atoms with Crippen LogP contribution in [0.25, 0.3) is 11.2 Å². The van der Waals surface area contributed by atoms with E-state index in [2.05, 4.69) is 30.9 Å². The first kappa shape index (κ1) is 7.89. The zero-order valence-corrected chi connectivity index (χ0v) is 8.17. The van der Waals surface area contributed by atoms with Gasteiger partial charge in [-0.1, -0.05) is 11.6 Å². The molecule has 0 saturated heterocycles. The Labute approximate surface area is 81.9 Å². The quantitative estimate of drug-likeness (QED) is 0.668. The van der Waals surface area contributed by atoms with E-state index in [-0.39, 0.29) is 0 Å². The van der Waals surface area contributed by atoms with E-state index >= 15 is 0 Å². The second-order valence-corrected chi connectivity index (χ2v) is 3.37. The normalized spacial score (nSPS) is 10.5. The molecular weight excluding hydrogens is 241 g/mol. The smallest absolute Gasteiger partial charge is 0.180 e. The average molecular weight is 244 g/mol. The van der Waals surface area contributed by atoms with E-state index < -0.39 is 0 Å². The molecule has 2 heterocycles. The van der Waals surface area contributed by atoms with E-state index in [0.29, 0.717) is 15.4 Å². The van der Waals surface area contributed by atoms with Crippen molar-refractivity contribution in [3.8, 4) is 0 Å². The molecule has 0 bridgehead atoms. The summed E-state index contributed by atoms with van der Waals surface area (Å²) in [5.74, 6) is 0. The molecule has 0 aliphatic heterocycles. The summed E-state index contributed by atoms with van der Waals surface area (Å²) >= 11 is 8.88. The van der Waals surface area contributed by atoms with Gasteiger partial charge in [0, 0.05) is 0 Å². The molecule has 0 aliphatic carbocycles. The third kappa shape index (κ3) is 1.40. The number of halogens is 2. The van der Waals surface area contributed by atoms with Crippen LogP contribution in [-0.2, 0) is 0 Å². The Balaban J connectivity index is 2.80. The lowest BCUT2D eigenvalue weighted by Gasteiger charge is -1.95. The van der Waals surface area contributed by atoms with Crippen LogP contribution in [-0.4, -0.2) is 15.0 Å². The Bertz CT molecular complexity index is 395. The molecule has 0 aromatic carbocycles. The van der Waals surface area contributed by atoms with Crippen LogP contribution in [0.15, 0.2) is 22.9 Å². The van der Waals surface area contributed by atoms with Gasteiger partial charge in [-0.3, -0.25) is 4.98 Å². The molecule has 2 aromatic heterocycles. The van der Waals surface area contributed by atoms with Crippen LogP contribution in [0, 0.1) is 0 Å². The van der Waals surface area contributed by atoms with Gasteiger partial charge in [0.15, 0.2) is 5.65 Å². The molecule has 12 heavy (non-hydrogen) atoms. The van der Waals surface area contributed by atoms with Gasteiger partial charge in [-0.15, -0.1) is 0 Å². The van der Waals surface area contributed by atoms with Crippen molar-refractivity contribution in [2.75, 3.05) is 0 Å². The van der Waals surface area contributed by atoms with Gasteiger partial charge in [-0.05, 0) is 28.1 Å². The Kier molecular flexibility index (Phi) is 1.94.